The van der Waals surface area contributed by atoms with E-state index in [1.54, 1.807) is 17.0 Å². The number of nitrogens with zero attached hydrogens (tertiary/aromatic N) is 2. The molecule has 2 aliphatic rings. The van der Waals surface area contributed by atoms with Crippen molar-refractivity contribution in [1.82, 2.24) is 4.98 Å². The molecule has 0 bridgehead atoms. The maximum atomic E-state index is 13.7. The lowest BCUT2D eigenvalue weighted by molar-refractivity contribution is -0.123. The number of anilines is 3. The van der Waals surface area contributed by atoms with Gasteiger partial charge in [-0.25, -0.2) is 9.37 Å². The van der Waals surface area contributed by atoms with Crippen LogP contribution in [0.2, 0.25) is 5.02 Å². The van der Waals surface area contributed by atoms with Gasteiger partial charge in [0.05, 0.1) is 24.1 Å². The molecule has 1 N–H and O–H groups in total. The SMILES string of the molecule is O=C(C1CCCCC1)N1Cc2cc(F)cnc2Nc2ccc(Cl)cc21. The van der Waals surface area contributed by atoms with Crippen molar-refractivity contribution in [3.8, 4) is 0 Å². The van der Waals surface area contributed by atoms with E-state index in [-0.39, 0.29) is 18.4 Å². The molecule has 4 nitrogen and oxygen atoms in total. The second kappa shape index (κ2) is 6.64. The molecule has 2 heterocycles. The third kappa shape index (κ3) is 3.21. The van der Waals surface area contributed by atoms with Crippen molar-refractivity contribution >= 4 is 34.7 Å². The molecule has 130 valence electrons. The number of hydrogen-bond acceptors (Lipinski definition) is 3. The van der Waals surface area contributed by atoms with E-state index in [2.05, 4.69) is 10.3 Å². The summed E-state index contributed by atoms with van der Waals surface area (Å²) in [4.78, 5) is 19.1. The van der Waals surface area contributed by atoms with E-state index in [0.29, 0.717) is 16.4 Å². The number of carbonyl (C=O) groups is 1. The van der Waals surface area contributed by atoms with Gasteiger partial charge in [0, 0.05) is 16.5 Å². The number of benzene rings is 1. The number of aromatic nitrogens is 1. The third-order valence-electron chi connectivity index (χ3n) is 4.99. The second-order valence-electron chi connectivity index (χ2n) is 6.71. The number of amides is 1. The summed E-state index contributed by atoms with van der Waals surface area (Å²) in [5, 5.41) is 3.78. The zero-order valence-electron chi connectivity index (χ0n) is 13.8. The number of nitrogens with one attached hydrogen (secondary N) is 1. The van der Waals surface area contributed by atoms with Gasteiger partial charge in [-0.1, -0.05) is 30.9 Å². The highest BCUT2D eigenvalue weighted by molar-refractivity contribution is 6.31. The van der Waals surface area contributed by atoms with Crippen LogP contribution in [0.4, 0.5) is 21.6 Å². The van der Waals surface area contributed by atoms with Crippen molar-refractivity contribution in [1.29, 1.82) is 0 Å². The Morgan fingerprint density at radius 2 is 2.04 bits per heavy atom. The molecular formula is C19H19ClFN3O. The fourth-order valence-electron chi connectivity index (χ4n) is 3.70. The van der Waals surface area contributed by atoms with E-state index in [1.165, 1.54) is 18.7 Å². The van der Waals surface area contributed by atoms with Gasteiger partial charge < -0.3 is 10.2 Å². The van der Waals surface area contributed by atoms with Crippen LogP contribution >= 0.6 is 11.6 Å². The van der Waals surface area contributed by atoms with Crippen LogP contribution in [0, 0.1) is 11.7 Å². The predicted octanol–water partition coefficient (Wildman–Crippen LogP) is 5.04. The van der Waals surface area contributed by atoms with Gasteiger partial charge in [-0.3, -0.25) is 4.79 Å². The highest BCUT2D eigenvalue weighted by Crippen LogP contribution is 2.38. The molecule has 1 amide bonds. The molecule has 25 heavy (non-hydrogen) atoms. The third-order valence-corrected chi connectivity index (χ3v) is 5.22. The molecule has 4 rings (SSSR count). The number of hydrogen-bond donors (Lipinski definition) is 1. The molecule has 1 saturated carbocycles. The monoisotopic (exact) mass is 359 g/mol. The Bertz CT molecular complexity index is 820. The summed E-state index contributed by atoms with van der Waals surface area (Å²) in [6, 6.07) is 6.82. The average Bonchev–Trinajstić information content (AvgIpc) is 2.78. The summed E-state index contributed by atoms with van der Waals surface area (Å²) < 4.78 is 13.7. The maximum Gasteiger partial charge on any atom is 0.230 e. The summed E-state index contributed by atoms with van der Waals surface area (Å²) in [7, 11) is 0. The minimum atomic E-state index is -0.408. The summed E-state index contributed by atoms with van der Waals surface area (Å²) >= 11 is 6.18. The van der Waals surface area contributed by atoms with Crippen LogP contribution in [0.5, 0.6) is 0 Å². The normalized spacial score (nSPS) is 17.3. The molecule has 0 spiro atoms. The molecule has 1 aromatic heterocycles. The second-order valence-corrected chi connectivity index (χ2v) is 7.14. The topological polar surface area (TPSA) is 45.2 Å². The van der Waals surface area contributed by atoms with Gasteiger partial charge >= 0.3 is 0 Å². The van der Waals surface area contributed by atoms with Crippen molar-refractivity contribution in [3.05, 3.63) is 46.9 Å². The number of carbonyl (C=O) groups excluding carboxylic acids is 1. The van der Waals surface area contributed by atoms with Gasteiger partial charge in [0.25, 0.3) is 0 Å². The van der Waals surface area contributed by atoms with Gasteiger partial charge in [0.2, 0.25) is 5.91 Å². The summed E-state index contributed by atoms with van der Waals surface area (Å²) in [6.45, 7) is 0.287. The highest BCUT2D eigenvalue weighted by Gasteiger charge is 2.31. The molecule has 1 aliphatic carbocycles. The van der Waals surface area contributed by atoms with Crippen molar-refractivity contribution < 1.29 is 9.18 Å². The fourth-order valence-corrected chi connectivity index (χ4v) is 3.86. The van der Waals surface area contributed by atoms with Crippen molar-refractivity contribution in [3.63, 3.8) is 0 Å². The number of rotatable bonds is 1. The Kier molecular flexibility index (Phi) is 4.34. The van der Waals surface area contributed by atoms with Gasteiger partial charge in [-0.15, -0.1) is 0 Å². The molecule has 2 aromatic rings. The van der Waals surface area contributed by atoms with Crippen LogP contribution in [-0.4, -0.2) is 10.9 Å². The van der Waals surface area contributed by atoms with Crippen LogP contribution in [0.1, 0.15) is 37.7 Å². The van der Waals surface area contributed by atoms with E-state index >= 15 is 0 Å². The Balaban J connectivity index is 1.78. The quantitative estimate of drug-likeness (QED) is 0.775. The summed E-state index contributed by atoms with van der Waals surface area (Å²) in [6.07, 6.45) is 6.35. The molecule has 1 aromatic carbocycles. The van der Waals surface area contributed by atoms with Crippen LogP contribution in [0.15, 0.2) is 30.5 Å². The molecule has 6 heteroatoms. The Hall–Kier alpha value is -2.14. The zero-order valence-corrected chi connectivity index (χ0v) is 14.5. The first-order valence-corrected chi connectivity index (χ1v) is 9.02. The molecule has 0 atom stereocenters. The fraction of sp³-hybridized carbons (Fsp3) is 0.368. The van der Waals surface area contributed by atoms with Gasteiger partial charge in [-0.05, 0) is 37.1 Å². The lowest BCUT2D eigenvalue weighted by Gasteiger charge is -2.29. The van der Waals surface area contributed by atoms with Crippen molar-refractivity contribution in [2.24, 2.45) is 5.92 Å². The first-order valence-electron chi connectivity index (χ1n) is 8.64. The Labute approximate surface area is 151 Å². The lowest BCUT2D eigenvalue weighted by Crippen LogP contribution is -2.36. The minimum absolute atomic E-state index is 0.0173. The van der Waals surface area contributed by atoms with E-state index in [1.807, 2.05) is 6.07 Å². The van der Waals surface area contributed by atoms with Crippen LogP contribution in [0.25, 0.3) is 0 Å². The lowest BCUT2D eigenvalue weighted by atomic mass is 9.88. The maximum absolute atomic E-state index is 13.7. The number of pyridine rings is 1. The summed E-state index contributed by atoms with van der Waals surface area (Å²) in [5.74, 6) is 0.268. The van der Waals surface area contributed by atoms with Crippen molar-refractivity contribution in [2.45, 2.75) is 38.6 Å². The van der Waals surface area contributed by atoms with E-state index in [4.69, 9.17) is 11.6 Å². The summed E-state index contributed by atoms with van der Waals surface area (Å²) in [5.41, 5.74) is 2.14. The van der Waals surface area contributed by atoms with Crippen LogP contribution in [-0.2, 0) is 11.3 Å². The molecule has 0 unspecified atom stereocenters. The average molecular weight is 360 g/mol. The van der Waals surface area contributed by atoms with Crippen LogP contribution in [0.3, 0.4) is 0 Å². The van der Waals surface area contributed by atoms with E-state index in [0.717, 1.165) is 37.1 Å². The molecular weight excluding hydrogens is 341 g/mol. The molecule has 0 radical (unpaired) electrons. The van der Waals surface area contributed by atoms with E-state index in [9.17, 15) is 9.18 Å². The highest BCUT2D eigenvalue weighted by atomic mass is 35.5. The number of halogens is 2. The van der Waals surface area contributed by atoms with Crippen LogP contribution < -0.4 is 10.2 Å². The minimum Gasteiger partial charge on any atom is -0.338 e. The first kappa shape index (κ1) is 16.3. The number of fused-ring (bicyclic) bond motifs is 2. The zero-order chi connectivity index (χ0) is 17.4. The van der Waals surface area contributed by atoms with Gasteiger partial charge in [-0.2, -0.15) is 0 Å². The standard InChI is InChI=1S/C19H19ClFN3O/c20-14-6-7-16-17(9-14)24(19(25)12-4-2-1-3-5-12)11-13-8-15(21)10-22-18(13)23-16/h6-10,12H,1-5,11H2,(H,22,23). The molecule has 0 saturated heterocycles. The first-order chi connectivity index (χ1) is 12.1. The Morgan fingerprint density at radius 3 is 2.84 bits per heavy atom. The predicted molar refractivity (Wildman–Crippen MR) is 96.7 cm³/mol. The molecule has 1 fully saturated rings. The Morgan fingerprint density at radius 1 is 1.24 bits per heavy atom. The van der Waals surface area contributed by atoms with E-state index < -0.39 is 5.82 Å². The van der Waals surface area contributed by atoms with Gasteiger partial charge in [0.15, 0.2) is 0 Å². The smallest absolute Gasteiger partial charge is 0.230 e. The van der Waals surface area contributed by atoms with Crippen molar-refractivity contribution in [2.75, 3.05) is 10.2 Å². The largest absolute Gasteiger partial charge is 0.338 e. The van der Waals surface area contributed by atoms with Gasteiger partial charge in [0.1, 0.15) is 11.6 Å². The molecule has 1 aliphatic heterocycles.